The first-order valence-electron chi connectivity index (χ1n) is 9.85. The molecule has 7 nitrogen and oxygen atoms in total. The molecule has 3 rings (SSSR count). The zero-order valence-electron chi connectivity index (χ0n) is 17.1. The number of hydrogen-bond acceptors (Lipinski definition) is 4. The summed E-state index contributed by atoms with van der Waals surface area (Å²) in [5.41, 5.74) is 1.35. The summed E-state index contributed by atoms with van der Waals surface area (Å²) in [5.74, 6) is 2.58. The highest BCUT2D eigenvalue weighted by Gasteiger charge is 2.23. The standard InChI is InChI=1S/C20H31N7.HI/c1-4-21-20(23-15-19-25-24-16(2)26(19)3)22-14-18(27-12-8-9-13-27)17-10-6-5-7-11-17;/h5-7,10-11,18H,4,8-9,12-15H2,1-3H3,(H2,21,22,23);1H. The van der Waals surface area contributed by atoms with E-state index in [9.17, 15) is 0 Å². The normalized spacial score (nSPS) is 15.9. The van der Waals surface area contributed by atoms with Gasteiger partial charge in [-0.25, -0.2) is 4.99 Å². The Balaban J connectivity index is 0.00000280. The maximum absolute atomic E-state index is 4.70. The van der Waals surface area contributed by atoms with Gasteiger partial charge in [-0.15, -0.1) is 34.2 Å². The Bertz CT molecular complexity index is 738. The Labute approximate surface area is 185 Å². The van der Waals surface area contributed by atoms with E-state index in [0.29, 0.717) is 12.6 Å². The van der Waals surface area contributed by atoms with E-state index in [1.165, 1.54) is 18.4 Å². The number of aryl methyl sites for hydroxylation is 1. The van der Waals surface area contributed by atoms with Crippen molar-refractivity contribution in [3.8, 4) is 0 Å². The van der Waals surface area contributed by atoms with Gasteiger partial charge in [0.15, 0.2) is 11.8 Å². The Morgan fingerprint density at radius 3 is 2.46 bits per heavy atom. The third-order valence-corrected chi connectivity index (χ3v) is 5.13. The number of halogens is 1. The van der Waals surface area contributed by atoms with E-state index in [1.807, 2.05) is 18.5 Å². The molecule has 1 saturated heterocycles. The molecule has 0 aliphatic carbocycles. The van der Waals surface area contributed by atoms with Gasteiger partial charge < -0.3 is 15.2 Å². The van der Waals surface area contributed by atoms with Gasteiger partial charge in [0.1, 0.15) is 12.4 Å². The number of hydrogen-bond donors (Lipinski definition) is 2. The summed E-state index contributed by atoms with van der Waals surface area (Å²) in [4.78, 5) is 7.27. The Kier molecular flexibility index (Phi) is 9.17. The smallest absolute Gasteiger partial charge is 0.191 e. The number of rotatable bonds is 7. The van der Waals surface area contributed by atoms with Crippen LogP contribution in [0.3, 0.4) is 0 Å². The highest BCUT2D eigenvalue weighted by Crippen LogP contribution is 2.24. The van der Waals surface area contributed by atoms with E-state index < -0.39 is 0 Å². The molecule has 1 aliphatic heterocycles. The zero-order valence-corrected chi connectivity index (χ0v) is 19.4. The van der Waals surface area contributed by atoms with Crippen molar-refractivity contribution in [3.63, 3.8) is 0 Å². The molecular formula is C20H32IN7. The second-order valence-electron chi connectivity index (χ2n) is 6.97. The van der Waals surface area contributed by atoms with Crippen LogP contribution in [0.2, 0.25) is 0 Å². The lowest BCUT2D eigenvalue weighted by molar-refractivity contribution is 0.245. The first-order valence-corrected chi connectivity index (χ1v) is 9.85. The van der Waals surface area contributed by atoms with Crippen molar-refractivity contribution in [2.24, 2.45) is 12.0 Å². The number of nitrogens with one attached hydrogen (secondary N) is 2. The number of aromatic nitrogens is 3. The van der Waals surface area contributed by atoms with Crippen LogP contribution in [0.4, 0.5) is 0 Å². The summed E-state index contributed by atoms with van der Waals surface area (Å²) in [6, 6.07) is 11.1. The number of benzene rings is 1. The van der Waals surface area contributed by atoms with E-state index in [-0.39, 0.29) is 24.0 Å². The largest absolute Gasteiger partial charge is 0.357 e. The van der Waals surface area contributed by atoms with Crippen LogP contribution < -0.4 is 10.6 Å². The molecule has 1 aliphatic rings. The molecule has 1 aromatic heterocycles. The Morgan fingerprint density at radius 1 is 1.14 bits per heavy atom. The van der Waals surface area contributed by atoms with Crippen molar-refractivity contribution >= 4 is 29.9 Å². The van der Waals surface area contributed by atoms with Gasteiger partial charge >= 0.3 is 0 Å². The number of guanidine groups is 1. The van der Waals surface area contributed by atoms with Crippen LogP contribution in [0.1, 0.15) is 43.0 Å². The topological polar surface area (TPSA) is 70.4 Å². The predicted molar refractivity (Wildman–Crippen MR) is 124 cm³/mol. The fourth-order valence-electron chi connectivity index (χ4n) is 3.46. The zero-order chi connectivity index (χ0) is 19.1. The molecule has 28 heavy (non-hydrogen) atoms. The molecule has 0 saturated carbocycles. The predicted octanol–water partition coefficient (Wildman–Crippen LogP) is 2.63. The molecule has 1 fully saturated rings. The van der Waals surface area contributed by atoms with Crippen LogP contribution >= 0.6 is 24.0 Å². The lowest BCUT2D eigenvalue weighted by atomic mass is 10.1. The maximum Gasteiger partial charge on any atom is 0.191 e. The van der Waals surface area contributed by atoms with E-state index in [0.717, 1.165) is 43.8 Å². The molecule has 0 radical (unpaired) electrons. The Morgan fingerprint density at radius 2 is 1.86 bits per heavy atom. The third-order valence-electron chi connectivity index (χ3n) is 5.13. The molecule has 2 heterocycles. The molecule has 1 unspecified atom stereocenters. The van der Waals surface area contributed by atoms with E-state index in [2.05, 4.69) is 63.0 Å². The van der Waals surface area contributed by atoms with Gasteiger partial charge in [-0.2, -0.15) is 0 Å². The summed E-state index contributed by atoms with van der Waals surface area (Å²) in [6.45, 7) is 8.51. The van der Waals surface area contributed by atoms with E-state index in [4.69, 9.17) is 4.99 Å². The van der Waals surface area contributed by atoms with Crippen LogP contribution in [0, 0.1) is 6.92 Å². The van der Waals surface area contributed by atoms with E-state index >= 15 is 0 Å². The van der Waals surface area contributed by atoms with Crippen molar-refractivity contribution in [1.82, 2.24) is 30.3 Å². The number of nitrogens with zero attached hydrogens (tertiary/aromatic N) is 5. The van der Waals surface area contributed by atoms with Crippen molar-refractivity contribution in [3.05, 3.63) is 47.5 Å². The minimum atomic E-state index is 0. The molecule has 2 aromatic rings. The van der Waals surface area contributed by atoms with Crippen LogP contribution in [0.15, 0.2) is 35.3 Å². The average molecular weight is 497 g/mol. The van der Waals surface area contributed by atoms with Crippen LogP contribution in [0.5, 0.6) is 0 Å². The van der Waals surface area contributed by atoms with Crippen LogP contribution in [-0.2, 0) is 13.6 Å². The monoisotopic (exact) mass is 497 g/mol. The first-order chi connectivity index (χ1) is 13.2. The molecule has 8 heteroatoms. The fraction of sp³-hybridized carbons (Fsp3) is 0.550. The van der Waals surface area contributed by atoms with Crippen LogP contribution in [-0.4, -0.2) is 51.8 Å². The van der Waals surface area contributed by atoms with Crippen molar-refractivity contribution < 1.29 is 0 Å². The summed E-state index contributed by atoms with van der Waals surface area (Å²) < 4.78 is 1.98. The van der Waals surface area contributed by atoms with Crippen molar-refractivity contribution in [1.29, 1.82) is 0 Å². The maximum atomic E-state index is 4.70. The molecule has 1 aromatic carbocycles. The molecule has 2 N–H and O–H groups in total. The van der Waals surface area contributed by atoms with Crippen molar-refractivity contribution in [2.75, 3.05) is 26.2 Å². The summed E-state index contributed by atoms with van der Waals surface area (Å²) in [6.07, 6.45) is 2.56. The molecule has 1 atom stereocenters. The van der Waals surface area contributed by atoms with Gasteiger partial charge in [-0.3, -0.25) is 4.90 Å². The summed E-state index contributed by atoms with van der Waals surface area (Å²) >= 11 is 0. The van der Waals surface area contributed by atoms with Gasteiger partial charge in [0.05, 0.1) is 6.04 Å². The van der Waals surface area contributed by atoms with Gasteiger partial charge in [0, 0.05) is 20.1 Å². The van der Waals surface area contributed by atoms with Gasteiger partial charge in [-0.1, -0.05) is 30.3 Å². The second-order valence-corrected chi connectivity index (χ2v) is 6.97. The summed E-state index contributed by atoms with van der Waals surface area (Å²) in [5, 5.41) is 15.2. The lowest BCUT2D eigenvalue weighted by Gasteiger charge is -2.29. The average Bonchev–Trinajstić information content (AvgIpc) is 3.32. The highest BCUT2D eigenvalue weighted by molar-refractivity contribution is 14.0. The minimum Gasteiger partial charge on any atom is -0.357 e. The summed E-state index contributed by atoms with van der Waals surface area (Å²) in [7, 11) is 1.97. The highest BCUT2D eigenvalue weighted by atomic mass is 127. The molecular weight excluding hydrogens is 465 g/mol. The van der Waals surface area contributed by atoms with Gasteiger partial charge in [0.2, 0.25) is 0 Å². The molecule has 154 valence electrons. The van der Waals surface area contributed by atoms with E-state index in [1.54, 1.807) is 0 Å². The molecule has 0 spiro atoms. The molecule has 0 bridgehead atoms. The van der Waals surface area contributed by atoms with Crippen LogP contribution in [0.25, 0.3) is 0 Å². The second kappa shape index (κ2) is 11.4. The minimum absolute atomic E-state index is 0. The lowest BCUT2D eigenvalue weighted by Crippen LogP contribution is -2.42. The SMILES string of the molecule is CCNC(=NCc1nnc(C)n1C)NCC(c1ccccc1)N1CCCC1.I. The fourth-order valence-corrected chi connectivity index (χ4v) is 3.46. The van der Waals surface area contributed by atoms with Gasteiger partial charge in [0.25, 0.3) is 0 Å². The number of likely N-dealkylation sites (tertiary alicyclic amines) is 1. The third kappa shape index (κ3) is 5.91. The molecule has 0 amide bonds. The van der Waals surface area contributed by atoms with Gasteiger partial charge in [-0.05, 0) is 45.3 Å². The quantitative estimate of drug-likeness (QED) is 0.350. The van der Waals surface area contributed by atoms with Crippen molar-refractivity contribution in [2.45, 2.75) is 39.3 Å². The number of aliphatic imine (C=N–C) groups is 1. The first kappa shape index (κ1) is 22.6. The Hall–Kier alpha value is -1.68.